The molecule has 0 aliphatic carbocycles. The van der Waals surface area contributed by atoms with E-state index in [-0.39, 0.29) is 0 Å². The van der Waals surface area contributed by atoms with E-state index in [2.05, 4.69) is 0 Å². The maximum Gasteiger partial charge on any atom is 0.323 e. The number of carboxylic acids is 1. The zero-order valence-corrected chi connectivity index (χ0v) is 9.21. The van der Waals surface area contributed by atoms with Crippen molar-refractivity contribution in [3.05, 3.63) is 18.2 Å². The fourth-order valence-corrected chi connectivity index (χ4v) is 1.79. The average molecular weight is 236 g/mol. The van der Waals surface area contributed by atoms with Crippen LogP contribution in [0.5, 0.6) is 5.75 Å². The van der Waals surface area contributed by atoms with Crippen LogP contribution in [0.2, 0.25) is 0 Å². The number of carbonyl (C=O) groups excluding carboxylic acids is 1. The zero-order chi connectivity index (χ0) is 12.6. The lowest BCUT2D eigenvalue weighted by molar-refractivity contribution is -0.137. The first-order valence-corrected chi connectivity index (χ1v) is 5.09. The number of nitrogens with two attached hydrogens (primary N) is 1. The van der Waals surface area contributed by atoms with E-state index < -0.39 is 24.5 Å². The topological polar surface area (TPSA) is 92.9 Å². The minimum atomic E-state index is -1.10. The third kappa shape index (κ3) is 1.89. The molecule has 1 heterocycles. The first kappa shape index (κ1) is 11.3. The van der Waals surface area contributed by atoms with Crippen LogP contribution >= 0.6 is 0 Å². The predicted octanol–water partition coefficient (Wildman–Crippen LogP) is 0.467. The predicted molar refractivity (Wildman–Crippen MR) is 60.9 cm³/mol. The van der Waals surface area contributed by atoms with Gasteiger partial charge >= 0.3 is 5.97 Å². The van der Waals surface area contributed by atoms with E-state index in [9.17, 15) is 9.59 Å². The molecule has 1 atom stereocenters. The molecular weight excluding hydrogens is 224 g/mol. The van der Waals surface area contributed by atoms with Crippen LogP contribution in [0.25, 0.3) is 0 Å². The summed E-state index contributed by atoms with van der Waals surface area (Å²) in [5.74, 6) is -1.07. The van der Waals surface area contributed by atoms with Gasteiger partial charge in [-0.05, 0) is 19.1 Å². The number of para-hydroxylation sites is 1. The molecule has 1 aromatic carbocycles. The first-order valence-electron chi connectivity index (χ1n) is 5.09. The SMILES string of the molecule is CC1Oc2cccc(N)c2N(CC(=O)O)C1=O. The van der Waals surface area contributed by atoms with Crippen molar-refractivity contribution in [2.75, 3.05) is 17.2 Å². The Labute approximate surface area is 97.6 Å². The minimum absolute atomic E-state index is 0.323. The third-order valence-electron chi connectivity index (χ3n) is 2.51. The highest BCUT2D eigenvalue weighted by molar-refractivity contribution is 6.05. The summed E-state index contributed by atoms with van der Waals surface area (Å²) in [6.45, 7) is 1.15. The number of hydrogen-bond donors (Lipinski definition) is 2. The summed E-state index contributed by atoms with van der Waals surface area (Å²) in [5.41, 5.74) is 6.40. The molecule has 0 aromatic heterocycles. The molecule has 1 unspecified atom stereocenters. The van der Waals surface area contributed by atoms with Gasteiger partial charge in [-0.1, -0.05) is 6.07 Å². The Morgan fingerprint density at radius 2 is 2.29 bits per heavy atom. The zero-order valence-electron chi connectivity index (χ0n) is 9.21. The Morgan fingerprint density at radius 1 is 1.59 bits per heavy atom. The number of ether oxygens (including phenoxy) is 1. The standard InChI is InChI=1S/C11H12N2O4/c1-6-11(16)13(5-9(14)15)10-7(12)3-2-4-8(10)17-6/h2-4,6H,5,12H2,1H3,(H,14,15). The summed E-state index contributed by atoms with van der Waals surface area (Å²) >= 11 is 0. The fraction of sp³-hybridized carbons (Fsp3) is 0.273. The largest absolute Gasteiger partial charge is 0.480 e. The number of carboxylic acid groups (broad SMARTS) is 1. The Bertz CT molecular complexity index is 486. The van der Waals surface area contributed by atoms with Crippen molar-refractivity contribution in [1.29, 1.82) is 0 Å². The molecular formula is C11H12N2O4. The molecule has 1 amide bonds. The number of amides is 1. The van der Waals surface area contributed by atoms with Gasteiger partial charge in [0.1, 0.15) is 18.0 Å². The molecule has 6 nitrogen and oxygen atoms in total. The van der Waals surface area contributed by atoms with Crippen LogP contribution in [-0.2, 0) is 9.59 Å². The number of nitrogen functional groups attached to an aromatic ring is 1. The average Bonchev–Trinajstić information content (AvgIpc) is 2.24. The number of hydrogen-bond acceptors (Lipinski definition) is 4. The lowest BCUT2D eigenvalue weighted by atomic mass is 10.1. The van der Waals surface area contributed by atoms with Crippen LogP contribution in [-0.4, -0.2) is 29.6 Å². The number of aliphatic carboxylic acids is 1. The quantitative estimate of drug-likeness (QED) is 0.728. The van der Waals surface area contributed by atoms with E-state index in [1.807, 2.05) is 0 Å². The Hall–Kier alpha value is -2.24. The highest BCUT2D eigenvalue weighted by atomic mass is 16.5. The van der Waals surface area contributed by atoms with Crippen LogP contribution in [0.15, 0.2) is 18.2 Å². The van der Waals surface area contributed by atoms with E-state index in [1.165, 1.54) is 0 Å². The van der Waals surface area contributed by atoms with Crippen LogP contribution in [0, 0.1) is 0 Å². The number of rotatable bonds is 2. The van der Waals surface area contributed by atoms with Gasteiger partial charge in [0.25, 0.3) is 5.91 Å². The van der Waals surface area contributed by atoms with Crippen molar-refractivity contribution in [2.45, 2.75) is 13.0 Å². The summed E-state index contributed by atoms with van der Waals surface area (Å²) in [5, 5.41) is 8.81. The van der Waals surface area contributed by atoms with Gasteiger partial charge < -0.3 is 15.6 Å². The molecule has 1 aliphatic rings. The van der Waals surface area contributed by atoms with Crippen LogP contribution < -0.4 is 15.4 Å². The second-order valence-corrected chi connectivity index (χ2v) is 3.77. The summed E-state index contributed by atoms with van der Waals surface area (Å²) in [6.07, 6.45) is -0.705. The van der Waals surface area contributed by atoms with Gasteiger partial charge in [0, 0.05) is 0 Å². The van der Waals surface area contributed by atoms with Gasteiger partial charge in [0.15, 0.2) is 6.10 Å². The monoisotopic (exact) mass is 236 g/mol. The summed E-state index contributed by atoms with van der Waals surface area (Å²) in [7, 11) is 0. The Kier molecular flexibility index (Phi) is 2.63. The van der Waals surface area contributed by atoms with Crippen molar-refractivity contribution in [2.24, 2.45) is 0 Å². The number of carbonyl (C=O) groups is 2. The number of fused-ring (bicyclic) bond motifs is 1. The van der Waals surface area contributed by atoms with Crippen molar-refractivity contribution >= 4 is 23.3 Å². The van der Waals surface area contributed by atoms with Crippen LogP contribution in [0.3, 0.4) is 0 Å². The van der Waals surface area contributed by atoms with E-state index in [4.69, 9.17) is 15.6 Å². The molecule has 0 fully saturated rings. The fourth-order valence-electron chi connectivity index (χ4n) is 1.79. The van der Waals surface area contributed by atoms with Gasteiger partial charge in [-0.2, -0.15) is 0 Å². The molecule has 90 valence electrons. The third-order valence-corrected chi connectivity index (χ3v) is 2.51. The summed E-state index contributed by atoms with van der Waals surface area (Å²) < 4.78 is 5.37. The van der Waals surface area contributed by atoms with E-state index >= 15 is 0 Å². The molecule has 6 heteroatoms. The van der Waals surface area contributed by atoms with Gasteiger partial charge in [-0.3, -0.25) is 14.5 Å². The second-order valence-electron chi connectivity index (χ2n) is 3.77. The summed E-state index contributed by atoms with van der Waals surface area (Å²) in [4.78, 5) is 23.8. The van der Waals surface area contributed by atoms with Gasteiger partial charge in [-0.25, -0.2) is 0 Å². The van der Waals surface area contributed by atoms with E-state index in [0.29, 0.717) is 17.1 Å². The van der Waals surface area contributed by atoms with Crippen molar-refractivity contribution < 1.29 is 19.4 Å². The van der Waals surface area contributed by atoms with E-state index in [0.717, 1.165) is 4.90 Å². The Balaban J connectivity index is 2.50. The maximum atomic E-state index is 11.9. The van der Waals surface area contributed by atoms with Crippen molar-refractivity contribution in [1.82, 2.24) is 0 Å². The van der Waals surface area contributed by atoms with Crippen LogP contribution in [0.4, 0.5) is 11.4 Å². The van der Waals surface area contributed by atoms with Gasteiger partial charge in [-0.15, -0.1) is 0 Å². The highest BCUT2D eigenvalue weighted by Crippen LogP contribution is 2.38. The van der Waals surface area contributed by atoms with Crippen molar-refractivity contribution in [3.63, 3.8) is 0 Å². The smallest absolute Gasteiger partial charge is 0.323 e. The molecule has 1 aromatic rings. The molecule has 3 N–H and O–H groups in total. The van der Waals surface area contributed by atoms with Gasteiger partial charge in [0.05, 0.1) is 5.69 Å². The first-order chi connectivity index (χ1) is 8.00. The molecule has 17 heavy (non-hydrogen) atoms. The number of benzene rings is 1. The molecule has 0 bridgehead atoms. The lowest BCUT2D eigenvalue weighted by Crippen LogP contribution is -2.47. The second kappa shape index (κ2) is 3.97. The van der Waals surface area contributed by atoms with Gasteiger partial charge in [0.2, 0.25) is 0 Å². The molecule has 2 rings (SSSR count). The molecule has 0 spiro atoms. The number of nitrogens with zero attached hydrogens (tertiary/aromatic N) is 1. The Morgan fingerprint density at radius 3 is 2.94 bits per heavy atom. The summed E-state index contributed by atoms with van der Waals surface area (Å²) in [6, 6.07) is 4.94. The van der Waals surface area contributed by atoms with Crippen molar-refractivity contribution in [3.8, 4) is 5.75 Å². The maximum absolute atomic E-state index is 11.9. The lowest BCUT2D eigenvalue weighted by Gasteiger charge is -2.32. The van der Waals surface area contributed by atoms with Crippen LogP contribution in [0.1, 0.15) is 6.92 Å². The minimum Gasteiger partial charge on any atom is -0.480 e. The molecule has 1 aliphatic heterocycles. The molecule has 0 radical (unpaired) electrons. The molecule has 0 saturated carbocycles. The number of anilines is 2. The molecule has 0 saturated heterocycles. The normalized spacial score (nSPS) is 18.5. The van der Waals surface area contributed by atoms with E-state index in [1.54, 1.807) is 25.1 Å². The highest BCUT2D eigenvalue weighted by Gasteiger charge is 2.33.